The Bertz CT molecular complexity index is 667. The van der Waals surface area contributed by atoms with Crippen molar-refractivity contribution in [2.75, 3.05) is 0 Å². The molecule has 2 rings (SSSR count). The lowest BCUT2D eigenvalue weighted by atomic mass is 10.2. The highest BCUT2D eigenvalue weighted by Gasteiger charge is 2.19. The van der Waals surface area contributed by atoms with Crippen LogP contribution in [0.3, 0.4) is 0 Å². The van der Waals surface area contributed by atoms with Gasteiger partial charge in [0, 0.05) is 11.8 Å². The van der Waals surface area contributed by atoms with Gasteiger partial charge in [-0.15, -0.1) is 0 Å². The van der Waals surface area contributed by atoms with E-state index in [-0.39, 0.29) is 11.3 Å². The molecule has 0 fully saturated rings. The summed E-state index contributed by atoms with van der Waals surface area (Å²) in [5, 5.41) is 19.8. The highest BCUT2D eigenvalue weighted by molar-refractivity contribution is 5.88. The largest absolute Gasteiger partial charge is 0.478 e. The molecule has 0 aliphatic heterocycles. The Morgan fingerprint density at radius 3 is 2.65 bits per heavy atom. The molecule has 0 saturated carbocycles. The quantitative estimate of drug-likeness (QED) is 0.679. The summed E-state index contributed by atoms with van der Waals surface area (Å²) in [6, 6.07) is 6.77. The third kappa shape index (κ3) is 2.89. The Balaban J connectivity index is 2.38. The van der Waals surface area contributed by atoms with Crippen LogP contribution in [-0.2, 0) is 0 Å². The van der Waals surface area contributed by atoms with Crippen LogP contribution in [0.4, 0.5) is 5.69 Å². The van der Waals surface area contributed by atoms with Crippen molar-refractivity contribution in [1.29, 1.82) is 0 Å². The highest BCUT2D eigenvalue weighted by Crippen LogP contribution is 2.31. The minimum absolute atomic E-state index is 0.0364. The Hall–Kier alpha value is -2.96. The summed E-state index contributed by atoms with van der Waals surface area (Å²) >= 11 is 0. The number of benzene rings is 1. The number of carboxylic acid groups (broad SMARTS) is 1. The van der Waals surface area contributed by atoms with E-state index in [1.807, 2.05) is 0 Å². The molecule has 2 aromatic rings. The van der Waals surface area contributed by atoms with Gasteiger partial charge in [0.15, 0.2) is 0 Å². The van der Waals surface area contributed by atoms with Gasteiger partial charge >= 0.3 is 11.7 Å². The Morgan fingerprint density at radius 1 is 1.35 bits per heavy atom. The van der Waals surface area contributed by atoms with Crippen LogP contribution in [0.5, 0.6) is 11.5 Å². The highest BCUT2D eigenvalue weighted by atomic mass is 16.6. The van der Waals surface area contributed by atoms with Crippen LogP contribution < -0.4 is 4.74 Å². The first-order chi connectivity index (χ1) is 9.47. The zero-order chi connectivity index (χ0) is 14.7. The van der Waals surface area contributed by atoms with Gasteiger partial charge in [-0.25, -0.2) is 4.79 Å². The first kappa shape index (κ1) is 13.5. The molecule has 0 amide bonds. The summed E-state index contributed by atoms with van der Waals surface area (Å²) in [7, 11) is 0. The zero-order valence-electron chi connectivity index (χ0n) is 10.4. The van der Waals surface area contributed by atoms with Gasteiger partial charge in [-0.1, -0.05) is 0 Å². The third-order valence-electron chi connectivity index (χ3n) is 2.51. The van der Waals surface area contributed by atoms with E-state index in [9.17, 15) is 14.9 Å². The minimum Gasteiger partial charge on any atom is -0.478 e. The first-order valence-corrected chi connectivity index (χ1v) is 5.59. The van der Waals surface area contributed by atoms with Crippen LogP contribution in [0.1, 0.15) is 16.1 Å². The number of aryl methyl sites for hydroxylation is 1. The molecule has 1 aromatic heterocycles. The van der Waals surface area contributed by atoms with Gasteiger partial charge in [-0.05, 0) is 31.2 Å². The Kier molecular flexibility index (Phi) is 3.60. The molecule has 0 radical (unpaired) electrons. The normalized spacial score (nSPS) is 10.1. The van der Waals surface area contributed by atoms with E-state index in [2.05, 4.69) is 4.98 Å². The first-order valence-electron chi connectivity index (χ1n) is 5.59. The maximum atomic E-state index is 11.0. The van der Waals surface area contributed by atoms with Gasteiger partial charge in [0.25, 0.3) is 0 Å². The van der Waals surface area contributed by atoms with E-state index in [1.165, 1.54) is 18.3 Å². The van der Waals surface area contributed by atoms with E-state index >= 15 is 0 Å². The Labute approximate surface area is 113 Å². The molecule has 0 atom stereocenters. The molecule has 0 saturated heterocycles. The fourth-order valence-electron chi connectivity index (χ4n) is 1.52. The van der Waals surface area contributed by atoms with Crippen LogP contribution in [0.25, 0.3) is 0 Å². The number of carbonyl (C=O) groups is 1. The number of nitro benzene ring substituents is 1. The fourth-order valence-corrected chi connectivity index (χ4v) is 1.52. The van der Waals surface area contributed by atoms with E-state index < -0.39 is 16.6 Å². The fraction of sp³-hybridized carbons (Fsp3) is 0.0769. The summed E-state index contributed by atoms with van der Waals surface area (Å²) in [4.78, 5) is 25.1. The number of rotatable bonds is 4. The number of nitro groups is 1. The average molecular weight is 274 g/mol. The lowest BCUT2D eigenvalue weighted by Crippen LogP contribution is -2.00. The summed E-state index contributed by atoms with van der Waals surface area (Å²) in [5.74, 6) is -0.941. The van der Waals surface area contributed by atoms with Gasteiger partial charge in [-0.3, -0.25) is 15.1 Å². The SMILES string of the molecule is Cc1ccc(Oc2ccc(C(=O)O)cc2[N+](=O)[O-])cn1. The molecule has 1 N–H and O–H groups in total. The lowest BCUT2D eigenvalue weighted by molar-refractivity contribution is -0.385. The number of hydrogen-bond acceptors (Lipinski definition) is 5. The van der Waals surface area contributed by atoms with Crippen LogP contribution in [0.15, 0.2) is 36.5 Å². The number of hydrogen-bond donors (Lipinski definition) is 1. The predicted octanol–water partition coefficient (Wildman–Crippen LogP) is 2.79. The van der Waals surface area contributed by atoms with Crippen molar-refractivity contribution >= 4 is 11.7 Å². The van der Waals surface area contributed by atoms with Crippen LogP contribution >= 0.6 is 0 Å². The summed E-state index contributed by atoms with van der Waals surface area (Å²) in [6.45, 7) is 1.80. The number of ether oxygens (including phenoxy) is 1. The monoisotopic (exact) mass is 274 g/mol. The predicted molar refractivity (Wildman–Crippen MR) is 69.1 cm³/mol. The topological polar surface area (TPSA) is 103 Å². The van der Waals surface area contributed by atoms with Crippen molar-refractivity contribution in [3.63, 3.8) is 0 Å². The number of nitrogens with zero attached hydrogens (tertiary/aromatic N) is 2. The molecule has 0 bridgehead atoms. The number of pyridine rings is 1. The van der Waals surface area contributed by atoms with E-state index in [0.29, 0.717) is 5.75 Å². The summed E-state index contributed by atoms with van der Waals surface area (Å²) < 4.78 is 5.36. The smallest absolute Gasteiger partial charge is 0.335 e. The minimum atomic E-state index is -1.24. The maximum absolute atomic E-state index is 11.0. The molecule has 0 aliphatic rings. The van der Waals surface area contributed by atoms with Crippen molar-refractivity contribution in [1.82, 2.24) is 4.98 Å². The molecule has 102 valence electrons. The Morgan fingerprint density at radius 2 is 2.10 bits per heavy atom. The molecule has 1 heterocycles. The summed E-state index contributed by atoms with van der Waals surface area (Å²) in [5.41, 5.74) is 0.199. The number of aromatic nitrogens is 1. The maximum Gasteiger partial charge on any atom is 0.335 e. The molecule has 1 aromatic carbocycles. The number of carboxylic acids is 1. The standard InChI is InChI=1S/C13H10N2O5/c1-8-2-4-10(7-14-8)20-12-5-3-9(13(16)17)6-11(12)15(18)19/h2-7H,1H3,(H,16,17). The van der Waals surface area contributed by atoms with Crippen LogP contribution in [-0.4, -0.2) is 21.0 Å². The molecule has 20 heavy (non-hydrogen) atoms. The number of aromatic carboxylic acids is 1. The van der Waals surface area contributed by atoms with E-state index in [1.54, 1.807) is 19.1 Å². The molecular formula is C13H10N2O5. The zero-order valence-corrected chi connectivity index (χ0v) is 10.4. The molecule has 0 aliphatic carbocycles. The van der Waals surface area contributed by atoms with Crippen molar-refractivity contribution in [2.24, 2.45) is 0 Å². The lowest BCUT2D eigenvalue weighted by Gasteiger charge is -2.06. The van der Waals surface area contributed by atoms with Crippen molar-refractivity contribution in [2.45, 2.75) is 6.92 Å². The molecule has 7 nitrogen and oxygen atoms in total. The average Bonchev–Trinajstić information content (AvgIpc) is 2.41. The molecule has 0 unspecified atom stereocenters. The van der Waals surface area contributed by atoms with Gasteiger partial charge in [0.2, 0.25) is 5.75 Å². The van der Waals surface area contributed by atoms with Crippen molar-refractivity contribution in [3.05, 3.63) is 57.9 Å². The third-order valence-corrected chi connectivity index (χ3v) is 2.51. The second kappa shape index (κ2) is 5.35. The molecule has 0 spiro atoms. The molecular weight excluding hydrogens is 264 g/mol. The summed E-state index contributed by atoms with van der Waals surface area (Å²) in [6.07, 6.45) is 1.43. The van der Waals surface area contributed by atoms with Gasteiger partial charge in [-0.2, -0.15) is 0 Å². The van der Waals surface area contributed by atoms with Crippen LogP contribution in [0, 0.1) is 17.0 Å². The van der Waals surface area contributed by atoms with Crippen molar-refractivity contribution in [3.8, 4) is 11.5 Å². The van der Waals surface area contributed by atoms with Crippen LogP contribution in [0.2, 0.25) is 0 Å². The second-order valence-corrected chi connectivity index (χ2v) is 3.98. The van der Waals surface area contributed by atoms with E-state index in [0.717, 1.165) is 11.8 Å². The van der Waals surface area contributed by atoms with E-state index in [4.69, 9.17) is 9.84 Å². The van der Waals surface area contributed by atoms with Gasteiger partial charge in [0.1, 0.15) is 5.75 Å². The van der Waals surface area contributed by atoms with Crippen molar-refractivity contribution < 1.29 is 19.6 Å². The second-order valence-electron chi connectivity index (χ2n) is 3.98. The van der Waals surface area contributed by atoms with Gasteiger partial charge in [0.05, 0.1) is 16.7 Å². The van der Waals surface area contributed by atoms with Gasteiger partial charge < -0.3 is 9.84 Å². The molecule has 7 heteroatoms.